The Bertz CT molecular complexity index is 593. The van der Waals surface area contributed by atoms with E-state index in [9.17, 15) is 9.59 Å². The van der Waals surface area contributed by atoms with Crippen molar-refractivity contribution in [2.24, 2.45) is 0 Å². The fraction of sp³-hybridized carbons (Fsp3) is 0.529. The average molecular weight is 388 g/mol. The van der Waals surface area contributed by atoms with Crippen molar-refractivity contribution in [3.8, 4) is 5.75 Å². The van der Waals surface area contributed by atoms with E-state index in [2.05, 4.69) is 10.6 Å². The van der Waals surface area contributed by atoms with Crippen LogP contribution in [0.5, 0.6) is 5.75 Å². The molecule has 0 saturated carbocycles. The smallest absolute Gasteiger partial charge is 0.259 e. The second kappa shape index (κ2) is 10.5. The van der Waals surface area contributed by atoms with Crippen LogP contribution in [0.1, 0.15) is 12.0 Å². The molecule has 25 heavy (non-hydrogen) atoms. The van der Waals surface area contributed by atoms with E-state index >= 15 is 0 Å². The SMILES string of the molecule is Cc1ccc(NC(=O)CC2CSCCN2)c(OCC(=O)N(C)C)c1.Cl. The molecule has 0 aliphatic carbocycles. The summed E-state index contributed by atoms with van der Waals surface area (Å²) in [6.07, 6.45) is 0.428. The molecule has 1 aliphatic heterocycles. The molecule has 1 aromatic rings. The molecular weight excluding hydrogens is 362 g/mol. The van der Waals surface area contributed by atoms with Gasteiger partial charge >= 0.3 is 0 Å². The van der Waals surface area contributed by atoms with E-state index in [0.717, 1.165) is 23.6 Å². The summed E-state index contributed by atoms with van der Waals surface area (Å²) in [5.74, 6) is 2.38. The fourth-order valence-electron chi connectivity index (χ4n) is 2.30. The average Bonchev–Trinajstić information content (AvgIpc) is 2.55. The van der Waals surface area contributed by atoms with Crippen molar-refractivity contribution in [2.75, 3.05) is 44.1 Å². The number of nitrogens with one attached hydrogen (secondary N) is 2. The molecule has 0 aromatic heterocycles. The molecule has 6 nitrogen and oxygen atoms in total. The first-order chi connectivity index (χ1) is 11.5. The largest absolute Gasteiger partial charge is 0.482 e. The maximum Gasteiger partial charge on any atom is 0.259 e. The van der Waals surface area contributed by atoms with E-state index in [4.69, 9.17) is 4.74 Å². The Morgan fingerprint density at radius 3 is 2.80 bits per heavy atom. The number of halogens is 1. The van der Waals surface area contributed by atoms with Crippen molar-refractivity contribution in [3.05, 3.63) is 23.8 Å². The van der Waals surface area contributed by atoms with E-state index < -0.39 is 0 Å². The number of aryl methyl sites for hydroxylation is 1. The summed E-state index contributed by atoms with van der Waals surface area (Å²) in [4.78, 5) is 25.4. The number of hydrogen-bond acceptors (Lipinski definition) is 5. The third-order valence-electron chi connectivity index (χ3n) is 3.69. The first-order valence-electron chi connectivity index (χ1n) is 8.00. The zero-order valence-corrected chi connectivity index (χ0v) is 16.5. The molecule has 1 saturated heterocycles. The minimum Gasteiger partial charge on any atom is -0.482 e. The minimum atomic E-state index is -0.128. The summed E-state index contributed by atoms with van der Waals surface area (Å²) < 4.78 is 5.61. The Hall–Kier alpha value is -1.44. The molecule has 2 rings (SSSR count). The molecule has 1 unspecified atom stereocenters. The Kier molecular flexibility index (Phi) is 9.10. The Balaban J connectivity index is 0.00000312. The van der Waals surface area contributed by atoms with Gasteiger partial charge in [-0.3, -0.25) is 9.59 Å². The number of thioether (sulfide) groups is 1. The van der Waals surface area contributed by atoms with Crippen LogP contribution >= 0.6 is 24.2 Å². The van der Waals surface area contributed by atoms with Gasteiger partial charge in [-0.2, -0.15) is 11.8 Å². The highest BCUT2D eigenvalue weighted by atomic mass is 35.5. The van der Waals surface area contributed by atoms with Gasteiger partial charge in [0.2, 0.25) is 5.91 Å². The van der Waals surface area contributed by atoms with E-state index in [-0.39, 0.29) is 36.9 Å². The second-order valence-corrected chi connectivity index (χ2v) is 7.20. The lowest BCUT2D eigenvalue weighted by atomic mass is 10.2. The first kappa shape index (κ1) is 21.6. The third kappa shape index (κ3) is 7.13. The Morgan fingerprint density at radius 1 is 1.40 bits per heavy atom. The van der Waals surface area contributed by atoms with Gasteiger partial charge in [0, 0.05) is 44.6 Å². The van der Waals surface area contributed by atoms with Crippen molar-refractivity contribution in [1.82, 2.24) is 10.2 Å². The van der Waals surface area contributed by atoms with Crippen molar-refractivity contribution in [1.29, 1.82) is 0 Å². The summed E-state index contributed by atoms with van der Waals surface area (Å²) in [7, 11) is 3.36. The number of hydrogen-bond donors (Lipinski definition) is 2. The van der Waals surface area contributed by atoms with Crippen molar-refractivity contribution in [2.45, 2.75) is 19.4 Å². The third-order valence-corrected chi connectivity index (χ3v) is 4.82. The van der Waals surface area contributed by atoms with Gasteiger partial charge in [-0.15, -0.1) is 12.4 Å². The first-order valence-corrected chi connectivity index (χ1v) is 9.15. The van der Waals surface area contributed by atoms with Crippen LogP contribution in [-0.2, 0) is 9.59 Å². The monoisotopic (exact) mass is 387 g/mol. The van der Waals surface area contributed by atoms with E-state index in [0.29, 0.717) is 17.9 Å². The lowest BCUT2D eigenvalue weighted by Crippen LogP contribution is -2.39. The van der Waals surface area contributed by atoms with Gasteiger partial charge in [-0.25, -0.2) is 0 Å². The van der Waals surface area contributed by atoms with Gasteiger partial charge in [-0.05, 0) is 24.6 Å². The standard InChI is InChI=1S/C17H25N3O3S.ClH/c1-12-4-5-14(15(8-12)23-10-17(22)20(2)3)19-16(21)9-13-11-24-7-6-18-13;/h4-5,8,13,18H,6-7,9-11H2,1-3H3,(H,19,21);1H. The number of likely N-dealkylation sites (N-methyl/N-ethyl adjacent to an activating group) is 1. The Morgan fingerprint density at radius 2 is 2.16 bits per heavy atom. The van der Waals surface area contributed by atoms with Gasteiger partial charge in [0.15, 0.2) is 6.61 Å². The number of ether oxygens (including phenoxy) is 1. The van der Waals surface area contributed by atoms with Crippen molar-refractivity contribution >= 4 is 41.7 Å². The number of anilines is 1. The molecule has 2 N–H and O–H groups in total. The second-order valence-electron chi connectivity index (χ2n) is 6.05. The molecule has 1 heterocycles. The van der Waals surface area contributed by atoms with Crippen LogP contribution < -0.4 is 15.4 Å². The molecule has 2 amide bonds. The van der Waals surface area contributed by atoms with Crippen molar-refractivity contribution in [3.63, 3.8) is 0 Å². The molecule has 8 heteroatoms. The number of benzene rings is 1. The minimum absolute atomic E-state index is 0. The molecule has 1 aliphatic rings. The van der Waals surface area contributed by atoms with Crippen LogP contribution in [0.4, 0.5) is 5.69 Å². The maximum absolute atomic E-state index is 12.3. The maximum atomic E-state index is 12.3. The molecule has 140 valence electrons. The quantitative estimate of drug-likeness (QED) is 0.780. The summed E-state index contributed by atoms with van der Waals surface area (Å²) in [5.41, 5.74) is 1.60. The van der Waals surface area contributed by atoms with E-state index in [1.807, 2.05) is 36.9 Å². The summed E-state index contributed by atoms with van der Waals surface area (Å²) in [6, 6.07) is 5.75. The molecule has 0 spiro atoms. The molecule has 0 bridgehead atoms. The lowest BCUT2D eigenvalue weighted by Gasteiger charge is -2.22. The predicted molar refractivity (Wildman–Crippen MR) is 105 cm³/mol. The highest BCUT2D eigenvalue weighted by molar-refractivity contribution is 7.99. The van der Waals surface area contributed by atoms with Crippen LogP contribution in [0, 0.1) is 6.92 Å². The van der Waals surface area contributed by atoms with Crippen LogP contribution in [0.3, 0.4) is 0 Å². The normalized spacial score (nSPS) is 16.5. The van der Waals surface area contributed by atoms with E-state index in [1.54, 1.807) is 14.1 Å². The summed E-state index contributed by atoms with van der Waals surface area (Å²) >= 11 is 1.86. The van der Waals surface area contributed by atoms with E-state index in [1.165, 1.54) is 4.90 Å². The zero-order valence-electron chi connectivity index (χ0n) is 14.8. The van der Waals surface area contributed by atoms with Gasteiger partial charge in [0.05, 0.1) is 5.69 Å². The van der Waals surface area contributed by atoms with Crippen LogP contribution in [0.15, 0.2) is 18.2 Å². The molecular formula is C17H26ClN3O3S. The van der Waals surface area contributed by atoms with Crippen molar-refractivity contribution < 1.29 is 14.3 Å². The van der Waals surface area contributed by atoms with Gasteiger partial charge < -0.3 is 20.3 Å². The molecule has 1 atom stereocenters. The highest BCUT2D eigenvalue weighted by Gasteiger charge is 2.18. The van der Waals surface area contributed by atoms with Crippen LogP contribution in [0.2, 0.25) is 0 Å². The molecule has 0 radical (unpaired) electrons. The fourth-order valence-corrected chi connectivity index (χ4v) is 3.25. The van der Waals surface area contributed by atoms with Crippen LogP contribution in [0.25, 0.3) is 0 Å². The topological polar surface area (TPSA) is 70.7 Å². The predicted octanol–water partition coefficient (Wildman–Crippen LogP) is 1.92. The number of amides is 2. The Labute approximate surface area is 159 Å². The molecule has 1 fully saturated rings. The lowest BCUT2D eigenvalue weighted by molar-refractivity contribution is -0.130. The number of carbonyl (C=O) groups excluding carboxylic acids is 2. The number of nitrogens with zero attached hydrogens (tertiary/aromatic N) is 1. The summed E-state index contributed by atoms with van der Waals surface area (Å²) in [6.45, 7) is 2.82. The van der Waals surface area contributed by atoms with Gasteiger partial charge in [-0.1, -0.05) is 6.07 Å². The van der Waals surface area contributed by atoms with Crippen LogP contribution in [-0.4, -0.2) is 61.5 Å². The zero-order chi connectivity index (χ0) is 17.5. The number of carbonyl (C=O) groups is 2. The molecule has 1 aromatic carbocycles. The summed E-state index contributed by atoms with van der Waals surface area (Å²) in [5, 5.41) is 6.25. The number of rotatable bonds is 6. The highest BCUT2D eigenvalue weighted by Crippen LogP contribution is 2.26. The van der Waals surface area contributed by atoms with Gasteiger partial charge in [0.25, 0.3) is 5.91 Å². The van der Waals surface area contributed by atoms with Gasteiger partial charge in [0.1, 0.15) is 5.75 Å².